The van der Waals surface area contributed by atoms with Crippen molar-refractivity contribution < 1.29 is 0 Å². The third-order valence-corrected chi connectivity index (χ3v) is 3.89. The zero-order valence-corrected chi connectivity index (χ0v) is 12.8. The highest BCUT2D eigenvalue weighted by atomic mass is 15.1. The van der Waals surface area contributed by atoms with Crippen molar-refractivity contribution >= 4 is 0 Å². The summed E-state index contributed by atoms with van der Waals surface area (Å²) < 4.78 is 2.53. The molecule has 1 aromatic heterocycles. The van der Waals surface area contributed by atoms with Crippen molar-refractivity contribution in [2.75, 3.05) is 6.54 Å². The quantitative estimate of drug-likeness (QED) is 0.765. The highest BCUT2D eigenvalue weighted by Crippen LogP contribution is 2.19. The van der Waals surface area contributed by atoms with Crippen LogP contribution in [-0.2, 0) is 25.9 Å². The van der Waals surface area contributed by atoms with Crippen molar-refractivity contribution in [3.63, 3.8) is 0 Å². The molecule has 0 radical (unpaired) electrons. The number of hydrogen-bond donors (Lipinski definition) is 1. The van der Waals surface area contributed by atoms with E-state index in [4.69, 9.17) is 4.98 Å². The van der Waals surface area contributed by atoms with E-state index in [1.54, 1.807) is 0 Å². The molecular formula is C16H29N3. The number of hydrogen-bond acceptors (Lipinski definition) is 2. The van der Waals surface area contributed by atoms with Crippen molar-refractivity contribution in [1.82, 2.24) is 14.9 Å². The van der Waals surface area contributed by atoms with Crippen LogP contribution in [0.1, 0.15) is 63.7 Å². The smallest absolute Gasteiger partial charge is 0.109 e. The van der Waals surface area contributed by atoms with Gasteiger partial charge in [0.2, 0.25) is 0 Å². The molecule has 0 saturated carbocycles. The fourth-order valence-corrected chi connectivity index (χ4v) is 2.91. The number of nitrogens with one attached hydrogen (secondary N) is 1. The average molecular weight is 263 g/mol. The van der Waals surface area contributed by atoms with Gasteiger partial charge in [-0.3, -0.25) is 0 Å². The molecule has 1 N–H and O–H groups in total. The lowest BCUT2D eigenvalue weighted by molar-refractivity contribution is 0.516. The Balaban J connectivity index is 2.10. The molecule has 0 bridgehead atoms. The van der Waals surface area contributed by atoms with E-state index in [9.17, 15) is 0 Å². The predicted molar refractivity (Wildman–Crippen MR) is 80.3 cm³/mol. The van der Waals surface area contributed by atoms with Crippen molar-refractivity contribution in [1.29, 1.82) is 0 Å². The molecule has 1 aliphatic heterocycles. The van der Waals surface area contributed by atoms with Gasteiger partial charge in [-0.1, -0.05) is 40.0 Å². The molecule has 3 nitrogen and oxygen atoms in total. The van der Waals surface area contributed by atoms with Crippen molar-refractivity contribution in [3.05, 3.63) is 17.2 Å². The summed E-state index contributed by atoms with van der Waals surface area (Å²) in [5.74, 6) is 2.01. The Bertz CT molecular complexity index is 393. The van der Waals surface area contributed by atoms with Crippen LogP contribution in [0.4, 0.5) is 0 Å². The summed E-state index contributed by atoms with van der Waals surface area (Å²) in [5, 5.41) is 3.44. The Hall–Kier alpha value is -0.830. The van der Waals surface area contributed by atoms with Crippen LogP contribution in [0.25, 0.3) is 0 Å². The molecule has 0 aliphatic carbocycles. The van der Waals surface area contributed by atoms with Crippen LogP contribution in [0, 0.1) is 5.92 Å². The Kier molecular flexibility index (Phi) is 5.44. The fraction of sp³-hybridized carbons (Fsp3) is 0.812. The molecule has 0 aromatic carbocycles. The zero-order valence-electron chi connectivity index (χ0n) is 12.8. The third-order valence-electron chi connectivity index (χ3n) is 3.89. The molecule has 3 heteroatoms. The van der Waals surface area contributed by atoms with Gasteiger partial charge in [0.1, 0.15) is 5.82 Å². The van der Waals surface area contributed by atoms with E-state index in [1.807, 2.05) is 0 Å². The normalized spacial score (nSPS) is 14.9. The topological polar surface area (TPSA) is 29.9 Å². The second kappa shape index (κ2) is 7.09. The van der Waals surface area contributed by atoms with Crippen LogP contribution in [0.2, 0.25) is 0 Å². The van der Waals surface area contributed by atoms with E-state index in [-0.39, 0.29) is 0 Å². The number of unbranched alkanes of at least 4 members (excludes halogenated alkanes) is 3. The summed E-state index contributed by atoms with van der Waals surface area (Å²) >= 11 is 0. The number of rotatable bonds is 7. The summed E-state index contributed by atoms with van der Waals surface area (Å²) in [4.78, 5) is 4.89. The zero-order chi connectivity index (χ0) is 13.7. The van der Waals surface area contributed by atoms with Crippen LogP contribution < -0.4 is 5.32 Å². The van der Waals surface area contributed by atoms with Crippen LogP contribution in [0.3, 0.4) is 0 Å². The monoisotopic (exact) mass is 263 g/mol. The Morgan fingerprint density at radius 1 is 1.26 bits per heavy atom. The minimum Gasteiger partial charge on any atom is -0.332 e. The van der Waals surface area contributed by atoms with E-state index >= 15 is 0 Å². The lowest BCUT2D eigenvalue weighted by atomic mass is 10.1. The summed E-state index contributed by atoms with van der Waals surface area (Å²) in [6, 6.07) is 0. The fourth-order valence-electron chi connectivity index (χ4n) is 2.91. The predicted octanol–water partition coefficient (Wildman–Crippen LogP) is 3.31. The van der Waals surface area contributed by atoms with E-state index in [0.717, 1.165) is 25.9 Å². The van der Waals surface area contributed by atoms with Crippen LogP contribution in [0.15, 0.2) is 0 Å². The molecule has 108 valence electrons. The van der Waals surface area contributed by atoms with Gasteiger partial charge in [-0.2, -0.15) is 0 Å². The average Bonchev–Trinajstić information content (AvgIpc) is 2.72. The molecule has 0 amide bonds. The van der Waals surface area contributed by atoms with Gasteiger partial charge in [0.25, 0.3) is 0 Å². The van der Waals surface area contributed by atoms with Crippen molar-refractivity contribution in [2.24, 2.45) is 5.92 Å². The lowest BCUT2D eigenvalue weighted by Gasteiger charge is -2.16. The largest absolute Gasteiger partial charge is 0.332 e. The highest BCUT2D eigenvalue weighted by Gasteiger charge is 2.19. The molecule has 2 rings (SSSR count). The Morgan fingerprint density at radius 2 is 2.11 bits per heavy atom. The molecule has 0 saturated heterocycles. The molecule has 0 unspecified atom stereocenters. The number of aromatic nitrogens is 2. The summed E-state index contributed by atoms with van der Waals surface area (Å²) in [5.41, 5.74) is 2.81. The standard InChI is InChI=1S/C16H29N3/c1-4-5-6-7-10-19-15-8-9-17-12-14(15)18-16(19)11-13(2)3/h13,17H,4-12H2,1-3H3. The number of imidazole rings is 1. The van der Waals surface area contributed by atoms with Gasteiger partial charge in [-0.05, 0) is 12.3 Å². The molecule has 2 heterocycles. The SMILES string of the molecule is CCCCCCn1c(CC(C)C)nc2c1CCNC2. The highest BCUT2D eigenvalue weighted by molar-refractivity contribution is 5.20. The summed E-state index contributed by atoms with van der Waals surface area (Å²) in [6.07, 6.45) is 7.58. The van der Waals surface area contributed by atoms with Gasteiger partial charge in [-0.25, -0.2) is 4.98 Å². The third kappa shape index (κ3) is 3.82. The molecular weight excluding hydrogens is 234 g/mol. The molecule has 19 heavy (non-hydrogen) atoms. The molecule has 0 fully saturated rings. The molecule has 1 aliphatic rings. The van der Waals surface area contributed by atoms with E-state index in [2.05, 4.69) is 30.7 Å². The second-order valence-electron chi connectivity index (χ2n) is 6.16. The van der Waals surface area contributed by atoms with Gasteiger partial charge >= 0.3 is 0 Å². The molecule has 1 aromatic rings. The van der Waals surface area contributed by atoms with Crippen LogP contribution in [0.5, 0.6) is 0 Å². The first-order chi connectivity index (χ1) is 9.22. The van der Waals surface area contributed by atoms with Gasteiger partial charge in [-0.15, -0.1) is 0 Å². The van der Waals surface area contributed by atoms with Crippen molar-refractivity contribution in [2.45, 2.75) is 72.4 Å². The maximum atomic E-state index is 4.89. The Morgan fingerprint density at radius 3 is 2.84 bits per heavy atom. The van der Waals surface area contributed by atoms with Crippen molar-refractivity contribution in [3.8, 4) is 0 Å². The van der Waals surface area contributed by atoms with E-state index in [1.165, 1.54) is 49.4 Å². The first-order valence-electron chi connectivity index (χ1n) is 8.00. The molecule has 0 spiro atoms. The van der Waals surface area contributed by atoms with Crippen LogP contribution >= 0.6 is 0 Å². The van der Waals surface area contributed by atoms with Gasteiger partial charge in [0, 0.05) is 38.2 Å². The van der Waals surface area contributed by atoms with Gasteiger partial charge in [0.05, 0.1) is 5.69 Å². The van der Waals surface area contributed by atoms with Gasteiger partial charge < -0.3 is 9.88 Å². The van der Waals surface area contributed by atoms with E-state index < -0.39 is 0 Å². The summed E-state index contributed by atoms with van der Waals surface area (Å²) in [7, 11) is 0. The first-order valence-corrected chi connectivity index (χ1v) is 8.00. The molecule has 0 atom stereocenters. The number of nitrogens with zero attached hydrogens (tertiary/aromatic N) is 2. The van der Waals surface area contributed by atoms with E-state index in [0.29, 0.717) is 5.92 Å². The minimum atomic E-state index is 0.686. The maximum absolute atomic E-state index is 4.89. The minimum absolute atomic E-state index is 0.686. The maximum Gasteiger partial charge on any atom is 0.109 e. The Labute approximate surface area is 117 Å². The van der Waals surface area contributed by atoms with Crippen LogP contribution in [-0.4, -0.2) is 16.1 Å². The summed E-state index contributed by atoms with van der Waals surface area (Å²) in [6.45, 7) is 10.1. The first kappa shape index (κ1) is 14.6. The lowest BCUT2D eigenvalue weighted by Crippen LogP contribution is -2.25. The van der Waals surface area contributed by atoms with Gasteiger partial charge in [0.15, 0.2) is 0 Å². The second-order valence-corrected chi connectivity index (χ2v) is 6.16. The number of fused-ring (bicyclic) bond motifs is 1.